The molecule has 2 heterocycles. The summed E-state index contributed by atoms with van der Waals surface area (Å²) in [4.78, 5) is 11.4. The van der Waals surface area contributed by atoms with E-state index in [1.54, 1.807) is 0 Å². The van der Waals surface area contributed by atoms with Crippen molar-refractivity contribution in [3.8, 4) is 6.07 Å². The van der Waals surface area contributed by atoms with E-state index in [-0.39, 0.29) is 0 Å². The first kappa shape index (κ1) is 15.3. The second-order valence-electron chi connectivity index (χ2n) is 5.01. The molecule has 0 radical (unpaired) electrons. The average molecular weight is 291 g/mol. The van der Waals surface area contributed by atoms with Crippen LogP contribution in [0.3, 0.4) is 0 Å². The Labute approximate surface area is 129 Å². The monoisotopic (exact) mass is 291 g/mol. The zero-order valence-corrected chi connectivity index (χ0v) is 12.4. The SMILES string of the molecule is C=C1N/C=C(/C)C/C=C\c2c1[nH]c1ccc(C#N)cc21.C=O. The van der Waals surface area contributed by atoms with Crippen molar-refractivity contribution < 1.29 is 4.79 Å². The van der Waals surface area contributed by atoms with Gasteiger partial charge >= 0.3 is 0 Å². The molecule has 0 aliphatic carbocycles. The molecule has 0 bridgehead atoms. The Kier molecular flexibility index (Phi) is 4.60. The van der Waals surface area contributed by atoms with Crippen LogP contribution in [0.25, 0.3) is 22.7 Å². The molecule has 0 atom stereocenters. The van der Waals surface area contributed by atoms with Gasteiger partial charge in [0, 0.05) is 22.7 Å². The number of carbonyl (C=O) groups excluding carboxylic acids is 1. The summed E-state index contributed by atoms with van der Waals surface area (Å²) < 4.78 is 0. The first-order chi connectivity index (χ1) is 10.7. The van der Waals surface area contributed by atoms with Crippen molar-refractivity contribution in [2.75, 3.05) is 0 Å². The molecule has 1 aromatic carbocycles. The van der Waals surface area contributed by atoms with Crippen molar-refractivity contribution in [2.24, 2.45) is 0 Å². The summed E-state index contributed by atoms with van der Waals surface area (Å²) in [6.45, 7) is 8.16. The number of rotatable bonds is 0. The highest BCUT2D eigenvalue weighted by molar-refractivity contribution is 5.95. The van der Waals surface area contributed by atoms with Gasteiger partial charge < -0.3 is 15.1 Å². The predicted molar refractivity (Wildman–Crippen MR) is 89.7 cm³/mol. The minimum atomic E-state index is 0.667. The van der Waals surface area contributed by atoms with Crippen molar-refractivity contribution in [1.29, 1.82) is 5.26 Å². The molecule has 0 saturated carbocycles. The predicted octanol–water partition coefficient (Wildman–Crippen LogP) is 3.74. The molecule has 0 spiro atoms. The molecule has 2 aromatic rings. The Morgan fingerprint density at radius 1 is 1.32 bits per heavy atom. The van der Waals surface area contributed by atoms with E-state index in [1.165, 1.54) is 5.57 Å². The molecule has 110 valence electrons. The van der Waals surface area contributed by atoms with E-state index in [0.29, 0.717) is 5.56 Å². The van der Waals surface area contributed by atoms with Gasteiger partial charge in [-0.25, -0.2) is 0 Å². The normalized spacial score (nSPS) is 17.3. The summed E-state index contributed by atoms with van der Waals surface area (Å²) in [6.07, 6.45) is 7.11. The van der Waals surface area contributed by atoms with E-state index >= 15 is 0 Å². The second kappa shape index (κ2) is 6.59. The number of nitrogens with one attached hydrogen (secondary N) is 2. The molecule has 0 unspecified atom stereocenters. The Balaban J connectivity index is 0.000000847. The topological polar surface area (TPSA) is 68.7 Å². The average Bonchev–Trinajstić information content (AvgIpc) is 2.93. The molecule has 3 rings (SSSR count). The van der Waals surface area contributed by atoms with E-state index < -0.39 is 0 Å². The molecule has 1 aliphatic rings. The summed E-state index contributed by atoms with van der Waals surface area (Å²) in [5.74, 6) is 0. The van der Waals surface area contributed by atoms with Crippen LogP contribution in [-0.2, 0) is 4.79 Å². The molecule has 1 aliphatic heterocycles. The fraction of sp³-hybridized carbons (Fsp3) is 0.111. The summed E-state index contributed by atoms with van der Waals surface area (Å²) in [5, 5.41) is 13.3. The van der Waals surface area contributed by atoms with Crippen molar-refractivity contribution in [1.82, 2.24) is 10.3 Å². The number of hydrogen-bond donors (Lipinski definition) is 2. The molecule has 0 amide bonds. The van der Waals surface area contributed by atoms with E-state index in [4.69, 9.17) is 10.1 Å². The van der Waals surface area contributed by atoms with E-state index in [1.807, 2.05) is 31.2 Å². The van der Waals surface area contributed by atoms with Gasteiger partial charge in [-0.15, -0.1) is 0 Å². The molecular weight excluding hydrogens is 274 g/mol. The number of carbonyl (C=O) groups is 1. The number of nitrogens with zero attached hydrogens (tertiary/aromatic N) is 1. The van der Waals surface area contributed by atoms with Gasteiger partial charge in [-0.3, -0.25) is 0 Å². The van der Waals surface area contributed by atoms with Gasteiger partial charge in [0.25, 0.3) is 0 Å². The third-order valence-corrected chi connectivity index (χ3v) is 3.49. The number of allylic oxidation sites excluding steroid dienone is 2. The van der Waals surface area contributed by atoms with Crippen LogP contribution in [0.15, 0.2) is 42.6 Å². The van der Waals surface area contributed by atoms with Gasteiger partial charge in [0.2, 0.25) is 0 Å². The lowest BCUT2D eigenvalue weighted by molar-refractivity contribution is -0.0979. The molecule has 2 N–H and O–H groups in total. The van der Waals surface area contributed by atoms with Crippen molar-refractivity contribution in [3.05, 3.63) is 59.4 Å². The Morgan fingerprint density at radius 3 is 2.82 bits per heavy atom. The second-order valence-corrected chi connectivity index (χ2v) is 5.01. The maximum atomic E-state index is 9.05. The molecule has 0 saturated heterocycles. The van der Waals surface area contributed by atoms with E-state index in [9.17, 15) is 0 Å². The highest BCUT2D eigenvalue weighted by atomic mass is 16.1. The van der Waals surface area contributed by atoms with Crippen molar-refractivity contribution in [2.45, 2.75) is 13.3 Å². The van der Waals surface area contributed by atoms with Crippen LogP contribution in [0.2, 0.25) is 0 Å². The lowest BCUT2D eigenvalue weighted by Gasteiger charge is -2.05. The van der Waals surface area contributed by atoms with Crippen LogP contribution < -0.4 is 5.32 Å². The quantitative estimate of drug-likeness (QED) is 0.777. The minimum Gasteiger partial charge on any atom is -0.361 e. The first-order valence-corrected chi connectivity index (χ1v) is 6.82. The van der Waals surface area contributed by atoms with Crippen LogP contribution in [0, 0.1) is 11.3 Å². The maximum Gasteiger partial charge on any atom is 0.106 e. The molecule has 0 fully saturated rings. The zero-order chi connectivity index (χ0) is 16.1. The smallest absolute Gasteiger partial charge is 0.106 e. The largest absolute Gasteiger partial charge is 0.361 e. The molecule has 1 aromatic heterocycles. The van der Waals surface area contributed by atoms with Crippen LogP contribution in [0.1, 0.15) is 30.2 Å². The van der Waals surface area contributed by atoms with E-state index in [0.717, 1.165) is 34.3 Å². The van der Waals surface area contributed by atoms with Gasteiger partial charge in [0.15, 0.2) is 0 Å². The van der Waals surface area contributed by atoms with Crippen molar-refractivity contribution >= 4 is 29.5 Å². The van der Waals surface area contributed by atoms with Crippen LogP contribution in [-0.4, -0.2) is 11.8 Å². The van der Waals surface area contributed by atoms with Gasteiger partial charge in [-0.05, 0) is 31.5 Å². The number of fused-ring (bicyclic) bond motifs is 3. The minimum absolute atomic E-state index is 0.667. The Bertz CT molecular complexity index is 819. The molecular formula is C18H17N3O. The highest BCUT2D eigenvalue weighted by Crippen LogP contribution is 2.29. The number of aromatic nitrogens is 1. The van der Waals surface area contributed by atoms with E-state index in [2.05, 4.69) is 42.0 Å². The Hall–Kier alpha value is -3.06. The van der Waals surface area contributed by atoms with Gasteiger partial charge in [-0.1, -0.05) is 24.3 Å². The maximum absolute atomic E-state index is 9.05. The first-order valence-electron chi connectivity index (χ1n) is 6.82. The molecule has 4 nitrogen and oxygen atoms in total. The Morgan fingerprint density at radius 2 is 2.09 bits per heavy atom. The molecule has 22 heavy (non-hydrogen) atoms. The van der Waals surface area contributed by atoms with Gasteiger partial charge in [0.05, 0.1) is 23.0 Å². The molecule has 4 heteroatoms. The third-order valence-electron chi connectivity index (χ3n) is 3.49. The van der Waals surface area contributed by atoms with Gasteiger partial charge in [-0.2, -0.15) is 5.26 Å². The lowest BCUT2D eigenvalue weighted by Crippen LogP contribution is -2.04. The number of hydrogen-bond acceptors (Lipinski definition) is 3. The van der Waals surface area contributed by atoms with Gasteiger partial charge in [0.1, 0.15) is 6.79 Å². The summed E-state index contributed by atoms with van der Waals surface area (Å²) in [5.41, 5.74) is 5.81. The summed E-state index contributed by atoms with van der Waals surface area (Å²) in [6, 6.07) is 7.87. The lowest BCUT2D eigenvalue weighted by atomic mass is 10.1. The number of aromatic amines is 1. The van der Waals surface area contributed by atoms with Crippen LogP contribution in [0.4, 0.5) is 0 Å². The third kappa shape index (κ3) is 2.84. The standard InChI is InChI=1S/C17H15N3.CH2O/c1-11-4-3-5-14-15-8-13(9-18)6-7-16(15)20-17(14)12(2)19-10-11;1-2/h3,5-8,10,19-20H,2,4H2,1H3;1H2/b5-3-,11-10-;. The van der Waals surface area contributed by atoms with Crippen molar-refractivity contribution in [3.63, 3.8) is 0 Å². The number of H-pyrrole nitrogens is 1. The highest BCUT2D eigenvalue weighted by Gasteiger charge is 2.13. The summed E-state index contributed by atoms with van der Waals surface area (Å²) in [7, 11) is 0. The number of benzene rings is 1. The summed E-state index contributed by atoms with van der Waals surface area (Å²) >= 11 is 0. The number of nitriles is 1. The fourth-order valence-electron chi connectivity index (χ4n) is 2.40. The van der Waals surface area contributed by atoms with Crippen LogP contribution in [0.5, 0.6) is 0 Å². The fourth-order valence-corrected chi connectivity index (χ4v) is 2.40. The zero-order valence-electron chi connectivity index (χ0n) is 12.4. The van der Waals surface area contributed by atoms with Crippen LogP contribution >= 0.6 is 0 Å².